The number of nitrogens with zero attached hydrogens (tertiary/aromatic N) is 3. The second-order valence-electron chi connectivity index (χ2n) is 7.16. The van der Waals surface area contributed by atoms with Crippen LogP contribution in [0, 0.1) is 0 Å². The van der Waals surface area contributed by atoms with Crippen molar-refractivity contribution in [1.29, 1.82) is 0 Å². The Bertz CT molecular complexity index is 1160. The predicted octanol–water partition coefficient (Wildman–Crippen LogP) is 4.42. The predicted molar refractivity (Wildman–Crippen MR) is 114 cm³/mol. The highest BCUT2D eigenvalue weighted by atomic mass is 35.5. The lowest BCUT2D eigenvalue weighted by atomic mass is 10.0. The maximum atomic E-state index is 12.9. The number of halogens is 1. The Balaban J connectivity index is 1.69. The monoisotopic (exact) mass is 441 g/mol. The van der Waals surface area contributed by atoms with Crippen LogP contribution in [0.2, 0.25) is 5.15 Å². The fraction of sp³-hybridized carbons (Fsp3) is 0.273. The van der Waals surface area contributed by atoms with E-state index >= 15 is 0 Å². The first kappa shape index (κ1) is 20.9. The van der Waals surface area contributed by atoms with Gasteiger partial charge in [0.1, 0.15) is 22.4 Å². The van der Waals surface area contributed by atoms with Crippen molar-refractivity contribution < 1.29 is 23.8 Å². The van der Waals surface area contributed by atoms with Crippen LogP contribution in [0.1, 0.15) is 43.0 Å². The lowest BCUT2D eigenvalue weighted by Crippen LogP contribution is -2.27. The van der Waals surface area contributed by atoms with Gasteiger partial charge in [0.05, 0.1) is 24.9 Å². The van der Waals surface area contributed by atoms with Crippen molar-refractivity contribution in [2.75, 3.05) is 7.11 Å². The molecule has 0 saturated carbocycles. The van der Waals surface area contributed by atoms with E-state index in [9.17, 15) is 9.59 Å². The summed E-state index contributed by atoms with van der Waals surface area (Å²) in [5, 5.41) is 15.8. The van der Waals surface area contributed by atoms with E-state index in [-0.39, 0.29) is 30.3 Å². The zero-order valence-electron chi connectivity index (χ0n) is 16.7. The summed E-state index contributed by atoms with van der Waals surface area (Å²) in [7, 11) is 1.59. The van der Waals surface area contributed by atoms with Gasteiger partial charge in [0.15, 0.2) is 0 Å². The van der Waals surface area contributed by atoms with Gasteiger partial charge in [-0.15, -0.1) is 0 Å². The number of aliphatic carboxylic acids is 1. The van der Waals surface area contributed by atoms with Crippen molar-refractivity contribution in [3.8, 4) is 5.75 Å². The summed E-state index contributed by atoms with van der Waals surface area (Å²) < 4.78 is 10.8. The minimum atomic E-state index is -0.943. The Kier molecular flexibility index (Phi) is 5.90. The Hall–Kier alpha value is -3.39. The largest absolute Gasteiger partial charge is 0.497 e. The van der Waals surface area contributed by atoms with Gasteiger partial charge < -0.3 is 14.3 Å². The summed E-state index contributed by atoms with van der Waals surface area (Å²) in [4.78, 5) is 28.2. The van der Waals surface area contributed by atoms with E-state index in [2.05, 4.69) is 10.1 Å². The first-order chi connectivity index (χ1) is 15.0. The lowest BCUT2D eigenvalue weighted by molar-refractivity contribution is -0.137. The fourth-order valence-corrected chi connectivity index (χ4v) is 3.86. The molecule has 4 rings (SSSR count). The number of furan rings is 1. The maximum absolute atomic E-state index is 12.9. The summed E-state index contributed by atoms with van der Waals surface area (Å²) in [5.74, 6) is 0.0244. The number of carboxylic acids is 1. The Labute approximate surface area is 183 Å². The summed E-state index contributed by atoms with van der Waals surface area (Å²) >= 11 is 6.51. The molecule has 1 atom stereocenters. The number of methoxy groups -OCH3 is 1. The molecule has 0 aliphatic carbocycles. The number of ether oxygens (including phenoxy) is 1. The van der Waals surface area contributed by atoms with Crippen molar-refractivity contribution in [2.24, 2.45) is 5.10 Å². The van der Waals surface area contributed by atoms with E-state index in [1.165, 1.54) is 5.01 Å². The molecule has 1 aromatic carbocycles. The number of hydrazone groups is 1. The van der Waals surface area contributed by atoms with Crippen LogP contribution in [-0.4, -0.2) is 39.8 Å². The van der Waals surface area contributed by atoms with E-state index in [1.54, 1.807) is 31.6 Å². The van der Waals surface area contributed by atoms with Gasteiger partial charge in [-0.3, -0.25) is 9.59 Å². The molecule has 0 fully saturated rings. The zero-order valence-corrected chi connectivity index (χ0v) is 17.5. The average molecular weight is 442 g/mol. The third kappa shape index (κ3) is 4.39. The van der Waals surface area contributed by atoms with Crippen molar-refractivity contribution >= 4 is 40.1 Å². The van der Waals surface area contributed by atoms with Crippen molar-refractivity contribution in [2.45, 2.75) is 31.7 Å². The zero-order chi connectivity index (χ0) is 22.0. The van der Waals surface area contributed by atoms with Crippen LogP contribution >= 0.6 is 11.6 Å². The minimum absolute atomic E-state index is 0.0597. The molecule has 8 nitrogen and oxygen atoms in total. The van der Waals surface area contributed by atoms with Gasteiger partial charge in [-0.2, -0.15) is 5.10 Å². The third-order valence-electron chi connectivity index (χ3n) is 5.11. The Morgan fingerprint density at radius 2 is 2.13 bits per heavy atom. The second-order valence-corrected chi connectivity index (χ2v) is 7.51. The summed E-state index contributed by atoms with van der Waals surface area (Å²) in [6.45, 7) is 0. The van der Waals surface area contributed by atoms with Crippen LogP contribution in [0.3, 0.4) is 0 Å². The van der Waals surface area contributed by atoms with Crippen LogP contribution in [0.4, 0.5) is 0 Å². The van der Waals surface area contributed by atoms with Crippen LogP contribution in [0.5, 0.6) is 5.75 Å². The van der Waals surface area contributed by atoms with E-state index in [0.717, 1.165) is 5.39 Å². The number of hydrogen-bond acceptors (Lipinski definition) is 6. The smallest absolute Gasteiger partial charge is 0.303 e. The molecule has 0 bridgehead atoms. The van der Waals surface area contributed by atoms with Crippen LogP contribution in [0.25, 0.3) is 10.9 Å². The normalized spacial score (nSPS) is 15.9. The summed E-state index contributed by atoms with van der Waals surface area (Å²) in [5.41, 5.74) is 1.97. The molecular formula is C22H20ClN3O5. The standard InChI is InChI=1S/C22H20ClN3O5/c1-30-14-7-8-16-13(10-14)11-15(22(23)24-16)18-12-17(19-4-3-9-31-19)25-26(18)20(27)5-2-6-21(28)29/h3-4,7-11,18H,2,5-6,12H2,1H3,(H,28,29)/t18-/m0/s1. The van der Waals surface area contributed by atoms with E-state index in [1.807, 2.05) is 18.2 Å². The van der Waals surface area contributed by atoms with E-state index < -0.39 is 12.0 Å². The molecule has 0 unspecified atom stereocenters. The van der Waals surface area contributed by atoms with Crippen LogP contribution in [-0.2, 0) is 9.59 Å². The average Bonchev–Trinajstić information content (AvgIpc) is 3.42. The molecule has 2 aromatic heterocycles. The highest BCUT2D eigenvalue weighted by Gasteiger charge is 2.35. The molecule has 31 heavy (non-hydrogen) atoms. The highest BCUT2D eigenvalue weighted by Crippen LogP contribution is 2.38. The number of amides is 1. The highest BCUT2D eigenvalue weighted by molar-refractivity contribution is 6.30. The molecule has 9 heteroatoms. The molecule has 1 N–H and O–H groups in total. The molecule has 160 valence electrons. The summed E-state index contributed by atoms with van der Waals surface area (Å²) in [6.07, 6.45) is 2.14. The molecule has 1 amide bonds. The first-order valence-corrected chi connectivity index (χ1v) is 10.1. The number of hydrogen-bond donors (Lipinski definition) is 1. The molecule has 1 aliphatic heterocycles. The van der Waals surface area contributed by atoms with Gasteiger partial charge in [0.25, 0.3) is 0 Å². The van der Waals surface area contributed by atoms with Crippen LogP contribution < -0.4 is 4.74 Å². The number of carbonyl (C=O) groups is 2. The number of benzene rings is 1. The topological polar surface area (TPSA) is 105 Å². The molecule has 3 aromatic rings. The maximum Gasteiger partial charge on any atom is 0.303 e. The molecular weight excluding hydrogens is 422 g/mol. The molecule has 0 saturated heterocycles. The molecule has 0 radical (unpaired) electrons. The number of rotatable bonds is 7. The number of pyridine rings is 1. The van der Waals surface area contributed by atoms with E-state index in [4.69, 9.17) is 25.9 Å². The Morgan fingerprint density at radius 3 is 2.84 bits per heavy atom. The lowest BCUT2D eigenvalue weighted by Gasteiger charge is -2.23. The van der Waals surface area contributed by atoms with Crippen molar-refractivity contribution in [3.05, 3.63) is 59.1 Å². The minimum Gasteiger partial charge on any atom is -0.497 e. The first-order valence-electron chi connectivity index (χ1n) is 9.75. The van der Waals surface area contributed by atoms with Crippen molar-refractivity contribution in [3.63, 3.8) is 0 Å². The van der Waals surface area contributed by atoms with Crippen LogP contribution in [0.15, 0.2) is 52.2 Å². The van der Waals surface area contributed by atoms with Gasteiger partial charge in [-0.1, -0.05) is 11.6 Å². The van der Waals surface area contributed by atoms with Gasteiger partial charge in [0.2, 0.25) is 5.91 Å². The third-order valence-corrected chi connectivity index (χ3v) is 5.42. The summed E-state index contributed by atoms with van der Waals surface area (Å²) in [6, 6.07) is 10.4. The van der Waals surface area contributed by atoms with Gasteiger partial charge in [-0.05, 0) is 42.8 Å². The quantitative estimate of drug-likeness (QED) is 0.544. The SMILES string of the molecule is COc1ccc2nc(Cl)c([C@@H]3CC(c4ccco4)=NN3C(=O)CCCC(=O)O)cc2c1. The van der Waals surface area contributed by atoms with Gasteiger partial charge in [-0.25, -0.2) is 9.99 Å². The number of carboxylic acid groups (broad SMARTS) is 1. The second kappa shape index (κ2) is 8.77. The molecule has 1 aliphatic rings. The number of fused-ring (bicyclic) bond motifs is 1. The number of carbonyl (C=O) groups excluding carboxylic acids is 1. The van der Waals surface area contributed by atoms with E-state index in [0.29, 0.717) is 34.7 Å². The van der Waals surface area contributed by atoms with Gasteiger partial charge in [0, 0.05) is 30.2 Å². The molecule has 3 heterocycles. The Morgan fingerprint density at radius 1 is 1.29 bits per heavy atom. The van der Waals surface area contributed by atoms with Gasteiger partial charge >= 0.3 is 5.97 Å². The number of aromatic nitrogens is 1. The molecule has 0 spiro atoms. The van der Waals surface area contributed by atoms with Crippen molar-refractivity contribution in [1.82, 2.24) is 9.99 Å². The fourth-order valence-electron chi connectivity index (χ4n) is 3.59.